The summed E-state index contributed by atoms with van der Waals surface area (Å²) in [5, 5.41) is 4.66. The van der Waals surface area contributed by atoms with Gasteiger partial charge in [0.25, 0.3) is 17.7 Å². The zero-order valence-electron chi connectivity index (χ0n) is 77.5. The number of methoxy groups -OCH3 is 1. The van der Waals surface area contributed by atoms with E-state index in [0.29, 0.717) is 163 Å². The van der Waals surface area contributed by atoms with Gasteiger partial charge >= 0.3 is 18.0 Å². The standard InChI is InChI=1S/C34H36ClF2N7O2.C33H35ClF3N7O2.C33H36ClF2N7O3/c1-21(36)32(45)44-16-15-43(18-24(44)17-38-2)31-25-11-14-42(28-6-4-5-22-7-8-26(37)30(35)29(22)28)19-27(25)39-33(40-31)46-20-34-12-9-23(10-13-34)41(34)3;1-20(35)31(45)44-13-12-43(16-23(44)15-38-3)30-24-10-11-42(27-7-5-6-21-8-9-25(36)29(34)28(21)27)17-26(24)39-32(40-30)46-18-22-14-33(2,37)19-41(22)4;1-20(35)32(44)43-13-12-42(16-23(43)15-37-2)31-25-10-11-41(28-7-5-6-21-8-9-26(36)30(34)29(21)28)18-27(25)38-33(39-31)46-19-22-14-24(45-4)17-40(22)3/h4-8,23-24H,1,9-20H2,3H3;5-9,22-23H,1,10-19H2,2,4H3;5-9,22-24H,1,10-19H2,3-4H3/t23?,24-,34?;22-,23-,33?;22-,23-,24+/m000/s1. The number of hydrogen-bond acceptors (Lipinski definition) is 22. The van der Waals surface area contributed by atoms with Gasteiger partial charge in [-0.3, -0.25) is 29.1 Å². The van der Waals surface area contributed by atoms with Crippen molar-refractivity contribution >= 4 is 119 Å². The molecule has 7 atom stereocenters. The molecule has 2 bridgehead atoms. The minimum atomic E-state index is -1.32. The molecule has 0 saturated carbocycles. The highest BCUT2D eigenvalue weighted by Gasteiger charge is 2.51. The van der Waals surface area contributed by atoms with Crippen molar-refractivity contribution in [1.82, 2.24) is 59.3 Å². The summed E-state index contributed by atoms with van der Waals surface area (Å²) in [6, 6.07) is 26.1. The van der Waals surface area contributed by atoms with Crippen LogP contribution in [-0.4, -0.2) is 290 Å². The Morgan fingerprint density at radius 2 is 0.833 bits per heavy atom. The number of likely N-dealkylation sites (tertiary alicyclic amines) is 2. The molecule has 28 nitrogen and oxygen atoms in total. The molecule has 1 unspecified atom stereocenters. The summed E-state index contributed by atoms with van der Waals surface area (Å²) < 4.78 is 124. The zero-order chi connectivity index (χ0) is 97.4. The maximum atomic E-state index is 14.7. The highest BCUT2D eigenvalue weighted by molar-refractivity contribution is 6.38. The molecule has 0 aliphatic carbocycles. The van der Waals surface area contributed by atoms with E-state index in [0.717, 1.165) is 99.9 Å². The van der Waals surface area contributed by atoms with E-state index in [-0.39, 0.29) is 109 Å². The Morgan fingerprint density at radius 3 is 1.15 bits per heavy atom. The fourth-order valence-electron chi connectivity index (χ4n) is 21.6. The second-order valence-electron chi connectivity index (χ2n) is 37.4. The monoisotopic (exact) mass is 1950 g/mol. The molecule has 3 amide bonds. The summed E-state index contributed by atoms with van der Waals surface area (Å²) in [5.74, 6) is -4.95. The lowest BCUT2D eigenvalue weighted by Gasteiger charge is -2.41. The highest BCUT2D eigenvalue weighted by Crippen LogP contribution is 2.48. The van der Waals surface area contributed by atoms with Crippen LogP contribution in [0, 0.1) is 37.2 Å². The van der Waals surface area contributed by atoms with E-state index in [1.54, 1.807) is 32.2 Å². The van der Waals surface area contributed by atoms with Gasteiger partial charge in [-0.1, -0.05) is 109 Å². The first-order valence-electron chi connectivity index (χ1n) is 46.3. The van der Waals surface area contributed by atoms with Crippen molar-refractivity contribution < 1.29 is 64.1 Å². The molecule has 138 heavy (non-hydrogen) atoms. The minimum Gasteiger partial charge on any atom is -0.462 e. The third kappa shape index (κ3) is 20.0. The summed E-state index contributed by atoms with van der Waals surface area (Å²) in [7, 11) is 7.78. The van der Waals surface area contributed by atoms with Crippen LogP contribution in [-0.2, 0) is 58.0 Å². The van der Waals surface area contributed by atoms with Gasteiger partial charge in [0.2, 0.25) is 19.6 Å². The minimum absolute atomic E-state index is 0.00561. The molecule has 38 heteroatoms. The van der Waals surface area contributed by atoms with Crippen LogP contribution in [0.1, 0.15) is 79.2 Å². The number of piperazine rings is 3. The van der Waals surface area contributed by atoms with E-state index in [4.69, 9.17) is 103 Å². The summed E-state index contributed by atoms with van der Waals surface area (Å²) >= 11 is 19.5. The van der Waals surface area contributed by atoms with Crippen LogP contribution in [0.5, 0.6) is 18.0 Å². The SMILES string of the molecule is [C-]#[N+]C[C@H]1CN(c2nc(OCC34CCC(CC3)N4C)nc3c2CCN(c2cccc4ccc(F)c(Cl)c24)C3)CCN1C(=O)C(=C)F.[C-]#[N+]C[C@H]1CN(c2nc(OC[C@@H]3CC(C)(F)CN3C)nc3c2CCN(c2cccc4ccc(F)c(Cl)c24)C3)CCN1C(=O)C(=C)F.[C-]#[N+]C[C@H]1CN(c2nc(OC[C@@H]3C[C@@H](OC)CN3C)nc3c2CCN(c2cccc4ccc(F)c(Cl)c24)C3)CCN1C(=O)C(=C)F. The number of halogens is 10. The smallest absolute Gasteiger partial charge is 0.318 e. The lowest BCUT2D eigenvalue weighted by atomic mass is 9.88. The number of anilines is 6. The van der Waals surface area contributed by atoms with Crippen molar-refractivity contribution in [1.29, 1.82) is 0 Å². The number of carbonyl (C=O) groups excluding carboxylic acids is 3. The number of hydrogen-bond donors (Lipinski definition) is 0. The number of carbonyl (C=O) groups is 3. The van der Waals surface area contributed by atoms with Gasteiger partial charge in [-0.25, -0.2) is 50.4 Å². The van der Waals surface area contributed by atoms with Gasteiger partial charge in [-0.2, -0.15) is 29.9 Å². The van der Waals surface area contributed by atoms with E-state index in [1.165, 1.54) is 32.9 Å². The predicted octanol–water partition coefficient (Wildman–Crippen LogP) is 15.1. The molecule has 10 aliphatic heterocycles. The molecule has 7 fully saturated rings. The van der Waals surface area contributed by atoms with Gasteiger partial charge in [0.05, 0.1) is 63.4 Å². The first kappa shape index (κ1) is 97.5. The number of fused-ring (bicyclic) bond motifs is 8. The summed E-state index contributed by atoms with van der Waals surface area (Å²) in [6.45, 7) is 41.4. The van der Waals surface area contributed by atoms with Crippen LogP contribution in [0.25, 0.3) is 46.9 Å². The molecule has 3 aromatic heterocycles. The van der Waals surface area contributed by atoms with Crippen molar-refractivity contribution in [2.45, 2.75) is 138 Å². The fraction of sp³-hybridized carbons (Fsp3) is 0.460. The Hall–Kier alpha value is -12.1. The molecule has 724 valence electrons. The molecular formula is C100H107Cl3F7N21O7. The third-order valence-corrected chi connectivity index (χ3v) is 30.0. The topological polar surface area (TPSA) is 217 Å². The fourth-order valence-corrected chi connectivity index (χ4v) is 22.4. The molecule has 13 heterocycles. The number of rotatable bonds is 22. The lowest BCUT2D eigenvalue weighted by molar-refractivity contribution is -0.131. The summed E-state index contributed by atoms with van der Waals surface area (Å²) in [6.07, 6.45) is 7.49. The van der Waals surface area contributed by atoms with Crippen LogP contribution in [0.4, 0.5) is 65.2 Å². The van der Waals surface area contributed by atoms with E-state index < -0.39 is 76.4 Å². The van der Waals surface area contributed by atoms with E-state index in [9.17, 15) is 45.1 Å². The van der Waals surface area contributed by atoms with E-state index in [1.807, 2.05) is 83.4 Å². The van der Waals surface area contributed by atoms with Crippen LogP contribution < -0.4 is 43.6 Å². The number of alkyl halides is 1. The Balaban J connectivity index is 0.000000143. The number of ether oxygens (including phenoxy) is 4. The molecule has 19 rings (SSSR count). The Labute approximate surface area is 811 Å². The molecule has 0 N–H and O–H groups in total. The average Bonchev–Trinajstić information content (AvgIpc) is 1.67. The van der Waals surface area contributed by atoms with Crippen LogP contribution in [0.15, 0.2) is 128 Å². The number of nitrogens with zero attached hydrogens (tertiary/aromatic N) is 21. The quantitative estimate of drug-likeness (QED) is 0.0350. The maximum absolute atomic E-state index is 14.7. The predicted molar refractivity (Wildman–Crippen MR) is 517 cm³/mol. The van der Waals surface area contributed by atoms with Crippen LogP contribution in [0.3, 0.4) is 0 Å². The molecule has 7 saturated heterocycles. The summed E-state index contributed by atoms with van der Waals surface area (Å²) in [4.78, 5) is 101. The average molecular weight is 1950 g/mol. The number of aromatic nitrogens is 6. The van der Waals surface area contributed by atoms with Gasteiger partial charge in [0.1, 0.15) is 78.5 Å². The third-order valence-electron chi connectivity index (χ3n) is 28.9. The number of benzene rings is 6. The van der Waals surface area contributed by atoms with E-state index >= 15 is 0 Å². The van der Waals surface area contributed by atoms with Gasteiger partial charge in [-0.05, 0) is 132 Å². The summed E-state index contributed by atoms with van der Waals surface area (Å²) in [5.41, 5.74) is 6.15. The molecule has 9 aromatic rings. The van der Waals surface area contributed by atoms with Gasteiger partial charge < -0.3 is 77.6 Å². The second-order valence-corrected chi connectivity index (χ2v) is 38.5. The largest absolute Gasteiger partial charge is 0.462 e. The van der Waals surface area contributed by atoms with Gasteiger partial charge in [0.15, 0.2) is 17.5 Å². The molecular weight excluding hydrogens is 1850 g/mol. The second kappa shape index (κ2) is 41.1. The number of likely N-dealkylation sites (N-methyl/N-ethyl adjacent to an activating group) is 3. The van der Waals surface area contributed by atoms with Crippen LogP contribution >= 0.6 is 34.8 Å². The van der Waals surface area contributed by atoms with E-state index in [2.05, 4.69) is 70.7 Å². The van der Waals surface area contributed by atoms with Crippen molar-refractivity contribution in [2.24, 2.45) is 0 Å². The van der Waals surface area contributed by atoms with Gasteiger partial charge in [-0.15, -0.1) is 0 Å². The Kier molecular flexibility index (Phi) is 29.0. The zero-order valence-corrected chi connectivity index (χ0v) is 79.7. The van der Waals surface area contributed by atoms with Crippen molar-refractivity contribution in [2.75, 3.05) is 189 Å². The van der Waals surface area contributed by atoms with Crippen molar-refractivity contribution in [3.8, 4) is 18.0 Å². The van der Waals surface area contributed by atoms with Crippen molar-refractivity contribution in [3.63, 3.8) is 0 Å². The van der Waals surface area contributed by atoms with Crippen molar-refractivity contribution in [3.05, 3.63) is 229 Å². The van der Waals surface area contributed by atoms with Gasteiger partial charge in [0, 0.05) is 173 Å². The normalized spacial score (nSPS) is 23.1. The molecule has 10 aliphatic rings. The number of amides is 3. The van der Waals surface area contributed by atoms with Crippen LogP contribution in [0.2, 0.25) is 15.1 Å². The Morgan fingerprint density at radius 1 is 0.471 bits per heavy atom. The molecule has 6 aromatic carbocycles. The first-order valence-corrected chi connectivity index (χ1v) is 47.4. The molecule has 0 radical (unpaired) electrons. The lowest BCUT2D eigenvalue weighted by Crippen LogP contribution is -2.57. The first-order chi connectivity index (χ1) is 66.3. The molecule has 0 spiro atoms. The highest BCUT2D eigenvalue weighted by atomic mass is 35.5. The maximum Gasteiger partial charge on any atom is 0.318 e. The Bertz CT molecular complexity index is 6380.